The lowest BCUT2D eigenvalue weighted by molar-refractivity contribution is -0.132. The second kappa shape index (κ2) is 9.23. The number of hydrogen-bond donors (Lipinski definition) is 0. The van der Waals surface area contributed by atoms with Gasteiger partial charge in [-0.1, -0.05) is 19.9 Å². The number of Topliss-reactive ketones (excluding diaryl/α,β-unsaturated/α-hetero) is 2. The second-order valence-corrected chi connectivity index (χ2v) is 5.57. The molecule has 0 saturated carbocycles. The van der Waals surface area contributed by atoms with Crippen LogP contribution in [0.3, 0.4) is 0 Å². The molecule has 1 aromatic rings. The smallest absolute Gasteiger partial charge is 0.143 e. The Hall–Kier alpha value is -1.84. The van der Waals surface area contributed by atoms with Crippen LogP contribution in [0.1, 0.15) is 39.5 Å². The highest BCUT2D eigenvalue weighted by Gasteiger charge is 2.22. The van der Waals surface area contributed by atoms with Crippen LogP contribution in [0.4, 0.5) is 5.69 Å². The molecule has 0 aliphatic rings. The van der Waals surface area contributed by atoms with Gasteiger partial charge in [-0.05, 0) is 25.0 Å². The molecule has 0 unspecified atom stereocenters. The molecule has 0 heterocycles. The molecule has 0 amide bonds. The third-order valence-electron chi connectivity index (χ3n) is 3.71. The van der Waals surface area contributed by atoms with Gasteiger partial charge in [-0.3, -0.25) is 9.59 Å². The van der Waals surface area contributed by atoms with Crippen LogP contribution in [-0.2, 0) is 9.59 Å². The summed E-state index contributed by atoms with van der Waals surface area (Å²) in [5, 5.41) is 0. The number of rotatable bonds is 10. The lowest BCUT2D eigenvalue weighted by Crippen LogP contribution is -2.23. The Balaban J connectivity index is 2.47. The molecule has 0 aliphatic carbocycles. The molecule has 22 heavy (non-hydrogen) atoms. The average molecular weight is 305 g/mol. The number of carbonyl (C=O) groups is 2. The molecule has 4 heteroatoms. The van der Waals surface area contributed by atoms with Crippen LogP contribution < -0.4 is 9.64 Å². The minimum Gasteiger partial charge on any atom is -0.494 e. The van der Waals surface area contributed by atoms with Crippen molar-refractivity contribution in [1.29, 1.82) is 0 Å². The first kappa shape index (κ1) is 18.2. The van der Waals surface area contributed by atoms with Gasteiger partial charge in [0.05, 0.1) is 12.5 Å². The maximum atomic E-state index is 11.8. The fourth-order valence-electron chi connectivity index (χ4n) is 2.32. The van der Waals surface area contributed by atoms with E-state index < -0.39 is 5.92 Å². The van der Waals surface area contributed by atoms with Gasteiger partial charge in [0.1, 0.15) is 17.3 Å². The van der Waals surface area contributed by atoms with Crippen LogP contribution in [0.15, 0.2) is 24.3 Å². The lowest BCUT2D eigenvalue weighted by atomic mass is 9.91. The molecule has 0 aromatic heterocycles. The zero-order chi connectivity index (χ0) is 16.5. The molecule has 0 saturated heterocycles. The molecule has 122 valence electrons. The first-order valence-electron chi connectivity index (χ1n) is 7.95. The quantitative estimate of drug-likeness (QED) is 0.490. The van der Waals surface area contributed by atoms with Crippen LogP contribution >= 0.6 is 0 Å². The van der Waals surface area contributed by atoms with E-state index in [1.165, 1.54) is 0 Å². The number of carbonyl (C=O) groups excluding carboxylic acids is 2. The van der Waals surface area contributed by atoms with Crippen LogP contribution in [0.2, 0.25) is 0 Å². The van der Waals surface area contributed by atoms with E-state index in [0.29, 0.717) is 32.3 Å². The molecule has 0 spiro atoms. The lowest BCUT2D eigenvalue weighted by Gasteiger charge is -2.15. The van der Waals surface area contributed by atoms with Crippen molar-refractivity contribution in [3.05, 3.63) is 24.3 Å². The zero-order valence-corrected chi connectivity index (χ0v) is 14.1. The number of ketones is 2. The standard InChI is InChI=1S/C18H27NO3/c1-5-17(20)16(18(21)6-2)11-8-12-22-15-10-7-9-14(13-15)19(3)4/h7,9-10,13,16H,5-6,8,11-12H2,1-4H3. The summed E-state index contributed by atoms with van der Waals surface area (Å²) in [6, 6.07) is 7.86. The van der Waals surface area contributed by atoms with Crippen molar-refractivity contribution in [3.8, 4) is 5.75 Å². The predicted octanol–water partition coefficient (Wildman–Crippen LogP) is 3.49. The van der Waals surface area contributed by atoms with Gasteiger partial charge in [0.25, 0.3) is 0 Å². The second-order valence-electron chi connectivity index (χ2n) is 5.57. The first-order valence-corrected chi connectivity index (χ1v) is 7.95. The normalized spacial score (nSPS) is 10.6. The van der Waals surface area contributed by atoms with Crippen molar-refractivity contribution in [3.63, 3.8) is 0 Å². The van der Waals surface area contributed by atoms with Gasteiger partial charge in [-0.25, -0.2) is 0 Å². The Kier molecular flexibility index (Phi) is 7.64. The van der Waals surface area contributed by atoms with Crippen LogP contribution in [0.25, 0.3) is 0 Å². The third kappa shape index (κ3) is 5.51. The Labute approximate surface area is 133 Å². The summed E-state index contributed by atoms with van der Waals surface area (Å²) in [7, 11) is 3.97. The Morgan fingerprint density at radius 3 is 2.32 bits per heavy atom. The highest BCUT2D eigenvalue weighted by molar-refractivity contribution is 6.02. The summed E-state index contributed by atoms with van der Waals surface area (Å²) in [5.74, 6) is 0.445. The first-order chi connectivity index (χ1) is 10.5. The molecule has 0 bridgehead atoms. The zero-order valence-electron chi connectivity index (χ0n) is 14.1. The van der Waals surface area contributed by atoms with E-state index in [1.807, 2.05) is 57.1 Å². The van der Waals surface area contributed by atoms with E-state index in [9.17, 15) is 9.59 Å². The van der Waals surface area contributed by atoms with E-state index >= 15 is 0 Å². The molecular weight excluding hydrogens is 278 g/mol. The van der Waals surface area contributed by atoms with Crippen molar-refractivity contribution in [2.45, 2.75) is 39.5 Å². The molecule has 1 aromatic carbocycles. The molecule has 4 nitrogen and oxygen atoms in total. The van der Waals surface area contributed by atoms with E-state index in [-0.39, 0.29) is 11.6 Å². The highest BCUT2D eigenvalue weighted by Crippen LogP contribution is 2.20. The molecular formula is C18H27NO3. The number of ether oxygens (including phenoxy) is 1. The minimum atomic E-state index is -0.452. The summed E-state index contributed by atoms with van der Waals surface area (Å²) in [4.78, 5) is 25.7. The van der Waals surface area contributed by atoms with Crippen molar-refractivity contribution in [2.75, 3.05) is 25.6 Å². The van der Waals surface area contributed by atoms with Gasteiger partial charge in [0, 0.05) is 38.7 Å². The molecule has 0 N–H and O–H groups in total. The van der Waals surface area contributed by atoms with E-state index in [0.717, 1.165) is 11.4 Å². The minimum absolute atomic E-state index is 0.0430. The van der Waals surface area contributed by atoms with Gasteiger partial charge in [-0.15, -0.1) is 0 Å². The van der Waals surface area contributed by atoms with Crippen molar-refractivity contribution >= 4 is 17.3 Å². The predicted molar refractivity (Wildman–Crippen MR) is 89.6 cm³/mol. The van der Waals surface area contributed by atoms with E-state index in [2.05, 4.69) is 0 Å². The van der Waals surface area contributed by atoms with Crippen molar-refractivity contribution < 1.29 is 14.3 Å². The maximum absolute atomic E-state index is 11.8. The number of benzene rings is 1. The average Bonchev–Trinajstić information content (AvgIpc) is 2.53. The summed E-state index contributed by atoms with van der Waals surface area (Å²) in [6.45, 7) is 4.13. The van der Waals surface area contributed by atoms with Crippen LogP contribution in [0.5, 0.6) is 5.75 Å². The molecule has 0 aliphatic heterocycles. The molecule has 0 atom stereocenters. The third-order valence-corrected chi connectivity index (χ3v) is 3.71. The Morgan fingerprint density at radius 2 is 1.77 bits per heavy atom. The summed E-state index contributed by atoms with van der Waals surface area (Å²) >= 11 is 0. The Morgan fingerprint density at radius 1 is 1.14 bits per heavy atom. The fourth-order valence-corrected chi connectivity index (χ4v) is 2.32. The summed E-state index contributed by atoms with van der Waals surface area (Å²) in [6.07, 6.45) is 2.12. The van der Waals surface area contributed by atoms with E-state index in [1.54, 1.807) is 0 Å². The van der Waals surface area contributed by atoms with E-state index in [4.69, 9.17) is 4.74 Å². The van der Waals surface area contributed by atoms with Gasteiger partial charge < -0.3 is 9.64 Å². The Bertz CT molecular complexity index is 481. The monoisotopic (exact) mass is 305 g/mol. The van der Waals surface area contributed by atoms with Gasteiger partial charge in [0.2, 0.25) is 0 Å². The van der Waals surface area contributed by atoms with Crippen LogP contribution in [0, 0.1) is 5.92 Å². The van der Waals surface area contributed by atoms with Gasteiger partial charge in [0.15, 0.2) is 0 Å². The molecule has 0 fully saturated rings. The van der Waals surface area contributed by atoms with Gasteiger partial charge in [-0.2, -0.15) is 0 Å². The summed E-state index contributed by atoms with van der Waals surface area (Å²) < 4.78 is 5.72. The fraction of sp³-hybridized carbons (Fsp3) is 0.556. The highest BCUT2D eigenvalue weighted by atomic mass is 16.5. The topological polar surface area (TPSA) is 46.6 Å². The van der Waals surface area contributed by atoms with Gasteiger partial charge >= 0.3 is 0 Å². The molecule has 1 rings (SSSR count). The van der Waals surface area contributed by atoms with Crippen molar-refractivity contribution in [1.82, 2.24) is 0 Å². The maximum Gasteiger partial charge on any atom is 0.143 e. The van der Waals surface area contributed by atoms with Crippen LogP contribution in [-0.4, -0.2) is 32.3 Å². The largest absolute Gasteiger partial charge is 0.494 e. The SMILES string of the molecule is CCC(=O)C(CCCOc1cccc(N(C)C)c1)C(=O)CC. The summed E-state index contributed by atoms with van der Waals surface area (Å²) in [5.41, 5.74) is 1.08. The number of hydrogen-bond acceptors (Lipinski definition) is 4. The number of anilines is 1. The molecule has 0 radical (unpaired) electrons. The number of nitrogens with zero attached hydrogens (tertiary/aromatic N) is 1. The van der Waals surface area contributed by atoms with Crippen molar-refractivity contribution in [2.24, 2.45) is 5.92 Å².